The zero-order valence-corrected chi connectivity index (χ0v) is 17.3. The van der Waals surface area contributed by atoms with E-state index >= 15 is 0 Å². The molecule has 2 N–H and O–H groups in total. The summed E-state index contributed by atoms with van der Waals surface area (Å²) < 4.78 is 4.80. The Hall–Kier alpha value is -2.72. The maximum Gasteiger partial charge on any atom is 0.330 e. The smallest absolute Gasteiger partial charge is 0.330 e. The summed E-state index contributed by atoms with van der Waals surface area (Å²) in [5.41, 5.74) is -0.522. The van der Waals surface area contributed by atoms with Gasteiger partial charge in [0.1, 0.15) is 0 Å². The van der Waals surface area contributed by atoms with Gasteiger partial charge >= 0.3 is 11.4 Å². The third-order valence-corrected chi connectivity index (χ3v) is 5.28. The zero-order valence-electron chi connectivity index (χ0n) is 17.3. The van der Waals surface area contributed by atoms with E-state index < -0.39 is 22.5 Å². The zero-order chi connectivity index (χ0) is 21.9. The maximum atomic E-state index is 12.8. The molecule has 2 rings (SSSR count). The van der Waals surface area contributed by atoms with Crippen LogP contribution in [0, 0.1) is 13.8 Å². The fourth-order valence-corrected chi connectivity index (χ4v) is 3.43. The lowest BCUT2D eigenvalue weighted by Gasteiger charge is -2.18. The highest BCUT2D eigenvalue weighted by Gasteiger charge is 2.20. The minimum absolute atomic E-state index is 0.0319. The molecule has 0 saturated heterocycles. The van der Waals surface area contributed by atoms with Gasteiger partial charge in [-0.25, -0.2) is 9.59 Å². The van der Waals surface area contributed by atoms with Crippen LogP contribution >= 0.6 is 0 Å². The molecule has 0 radical (unpaired) electrons. The average molecular weight is 408 g/mol. The van der Waals surface area contributed by atoms with Crippen LogP contribution in [0.2, 0.25) is 0 Å². The van der Waals surface area contributed by atoms with Gasteiger partial charge in [-0.05, 0) is 26.7 Å². The number of aliphatic hydroxyl groups excluding tert-OH is 2. The minimum atomic E-state index is -0.498. The summed E-state index contributed by atoms with van der Waals surface area (Å²) in [6.07, 6.45) is 0.673. The van der Waals surface area contributed by atoms with Crippen LogP contribution in [0.3, 0.4) is 0 Å². The first-order chi connectivity index (χ1) is 13.7. The van der Waals surface area contributed by atoms with E-state index in [9.17, 15) is 19.2 Å². The summed E-state index contributed by atoms with van der Waals surface area (Å²) in [5.74, 6) is 0. The highest BCUT2D eigenvalue weighted by Crippen LogP contribution is 2.10. The van der Waals surface area contributed by atoms with Gasteiger partial charge in [0.05, 0.1) is 0 Å². The van der Waals surface area contributed by atoms with E-state index in [4.69, 9.17) is 10.2 Å². The van der Waals surface area contributed by atoms with Crippen LogP contribution in [0.5, 0.6) is 0 Å². The van der Waals surface area contributed by atoms with Crippen molar-refractivity contribution in [3.8, 4) is 0 Å². The van der Waals surface area contributed by atoms with Gasteiger partial charge in [0.25, 0.3) is 11.1 Å². The van der Waals surface area contributed by atoms with E-state index in [1.54, 1.807) is 13.8 Å². The van der Waals surface area contributed by atoms with Crippen LogP contribution in [0.15, 0.2) is 19.2 Å². The van der Waals surface area contributed by atoms with Crippen LogP contribution < -0.4 is 22.5 Å². The average Bonchev–Trinajstić information content (AvgIpc) is 2.70. The predicted octanol–water partition coefficient (Wildman–Crippen LogP) is -1.62. The molecule has 0 saturated carbocycles. The van der Waals surface area contributed by atoms with Gasteiger partial charge in [0.2, 0.25) is 0 Å². The number of rotatable bonds is 8. The first-order valence-electron chi connectivity index (χ1n) is 9.47. The molecule has 0 aromatic carbocycles. The van der Waals surface area contributed by atoms with Crippen molar-refractivity contribution in [2.24, 2.45) is 14.1 Å². The lowest BCUT2D eigenvalue weighted by Crippen LogP contribution is -2.44. The second-order valence-electron chi connectivity index (χ2n) is 7.06. The number of hydrogen-bond acceptors (Lipinski definition) is 6. The van der Waals surface area contributed by atoms with Gasteiger partial charge in [0, 0.05) is 69.3 Å². The van der Waals surface area contributed by atoms with Gasteiger partial charge in [0.15, 0.2) is 0 Å². The summed E-state index contributed by atoms with van der Waals surface area (Å²) >= 11 is 0. The van der Waals surface area contributed by atoms with Crippen LogP contribution in [0.25, 0.3) is 0 Å². The number of aromatic nitrogens is 4. The molecule has 0 bridgehead atoms. The van der Waals surface area contributed by atoms with Crippen molar-refractivity contribution in [3.05, 3.63) is 64.2 Å². The molecule has 29 heavy (non-hydrogen) atoms. The molecule has 2 aromatic rings. The van der Waals surface area contributed by atoms with Crippen molar-refractivity contribution >= 4 is 0 Å². The maximum absolute atomic E-state index is 12.8. The Morgan fingerprint density at radius 1 is 0.690 bits per heavy atom. The Balaban J connectivity index is 2.72. The summed E-state index contributed by atoms with van der Waals surface area (Å²) in [4.78, 5) is 50.4. The molecule has 0 aliphatic rings. The third kappa shape index (κ3) is 4.18. The van der Waals surface area contributed by atoms with Crippen LogP contribution in [0.1, 0.15) is 35.4 Å². The highest BCUT2D eigenvalue weighted by atomic mass is 16.3. The largest absolute Gasteiger partial charge is 0.396 e. The van der Waals surface area contributed by atoms with Gasteiger partial charge in [-0.2, -0.15) is 0 Å². The fourth-order valence-electron chi connectivity index (χ4n) is 3.43. The summed E-state index contributed by atoms with van der Waals surface area (Å²) in [6.45, 7) is 3.57. The van der Waals surface area contributed by atoms with E-state index in [2.05, 4.69) is 0 Å². The molecule has 0 spiro atoms. The molecule has 160 valence electrons. The molecule has 2 aromatic heterocycles. The normalized spacial score (nSPS) is 11.2. The van der Waals surface area contributed by atoms with Crippen molar-refractivity contribution in [1.29, 1.82) is 0 Å². The van der Waals surface area contributed by atoms with E-state index in [0.717, 1.165) is 9.13 Å². The third-order valence-electron chi connectivity index (χ3n) is 5.28. The van der Waals surface area contributed by atoms with Crippen molar-refractivity contribution < 1.29 is 10.2 Å². The molecule has 0 unspecified atom stereocenters. The molecule has 2 heterocycles. The summed E-state index contributed by atoms with van der Waals surface area (Å²) in [5, 5.41) is 18.2. The lowest BCUT2D eigenvalue weighted by atomic mass is 10.0. The molecule has 10 nitrogen and oxygen atoms in total. The predicted molar refractivity (Wildman–Crippen MR) is 108 cm³/mol. The SMILES string of the molecule is Cc1c(Cc2c(C)n(CCCO)c(=O)n(C)c2=O)c(=O)n(C)c(=O)n1CCCO. The molecule has 10 heteroatoms. The second kappa shape index (κ2) is 9.19. The van der Waals surface area contributed by atoms with Crippen LogP contribution in [-0.4, -0.2) is 41.7 Å². The van der Waals surface area contributed by atoms with Crippen LogP contribution in [-0.2, 0) is 33.6 Å². The number of hydrogen-bond donors (Lipinski definition) is 2. The van der Waals surface area contributed by atoms with E-state index in [-0.39, 0.29) is 43.9 Å². The Bertz CT molecular complexity index is 1050. The first-order valence-corrected chi connectivity index (χ1v) is 9.47. The lowest BCUT2D eigenvalue weighted by molar-refractivity contribution is 0.277. The quantitative estimate of drug-likeness (QED) is 0.540. The number of nitrogens with zero attached hydrogens (tertiary/aromatic N) is 4. The van der Waals surface area contributed by atoms with Crippen molar-refractivity contribution in [3.63, 3.8) is 0 Å². The molecular weight excluding hydrogens is 380 g/mol. The van der Waals surface area contributed by atoms with Crippen molar-refractivity contribution in [2.45, 2.75) is 46.2 Å². The van der Waals surface area contributed by atoms with Crippen molar-refractivity contribution in [2.75, 3.05) is 13.2 Å². The molecular formula is C19H28N4O6. The van der Waals surface area contributed by atoms with Crippen LogP contribution in [0.4, 0.5) is 0 Å². The van der Waals surface area contributed by atoms with Crippen molar-refractivity contribution in [1.82, 2.24) is 18.3 Å². The molecule has 0 amide bonds. The van der Waals surface area contributed by atoms with Gasteiger partial charge in [-0.3, -0.25) is 27.9 Å². The standard InChI is InChI=1S/C19H28N4O6/c1-12-14(16(26)20(3)18(28)22(12)7-5-9-24)11-15-13(2)23(8-6-10-25)19(29)21(4)17(15)27/h24-25H,5-11H2,1-4H3. The summed E-state index contributed by atoms with van der Waals surface area (Å²) in [7, 11) is 2.74. The summed E-state index contributed by atoms with van der Waals surface area (Å²) in [6, 6.07) is 0. The first kappa shape index (κ1) is 22.6. The topological polar surface area (TPSA) is 128 Å². The second-order valence-corrected chi connectivity index (χ2v) is 7.06. The van der Waals surface area contributed by atoms with E-state index in [1.165, 1.54) is 23.2 Å². The fraction of sp³-hybridized carbons (Fsp3) is 0.579. The van der Waals surface area contributed by atoms with Gasteiger partial charge < -0.3 is 10.2 Å². The van der Waals surface area contributed by atoms with E-state index in [1.807, 2.05) is 0 Å². The Kier molecular flexibility index (Phi) is 7.15. The molecule has 0 fully saturated rings. The molecule has 0 aliphatic heterocycles. The Morgan fingerprint density at radius 3 is 1.34 bits per heavy atom. The van der Waals surface area contributed by atoms with E-state index in [0.29, 0.717) is 24.2 Å². The minimum Gasteiger partial charge on any atom is -0.396 e. The van der Waals surface area contributed by atoms with Gasteiger partial charge in [-0.15, -0.1) is 0 Å². The molecule has 0 aliphatic carbocycles. The Morgan fingerprint density at radius 2 is 1.03 bits per heavy atom. The highest BCUT2D eigenvalue weighted by molar-refractivity contribution is 5.28. The molecule has 0 atom stereocenters. The van der Waals surface area contributed by atoms with Gasteiger partial charge in [-0.1, -0.05) is 0 Å². The number of aliphatic hydroxyl groups is 2. The Labute approximate surface area is 166 Å². The monoisotopic (exact) mass is 408 g/mol.